The van der Waals surface area contributed by atoms with E-state index in [1.54, 1.807) is 13.8 Å². The van der Waals surface area contributed by atoms with Crippen LogP contribution in [0.1, 0.15) is 39.5 Å². The third-order valence-electron chi connectivity index (χ3n) is 3.96. The maximum absolute atomic E-state index is 12.5. The summed E-state index contributed by atoms with van der Waals surface area (Å²) in [5.41, 5.74) is -0.560. The van der Waals surface area contributed by atoms with E-state index in [9.17, 15) is 24.3 Å². The SMILES string of the molecule is CCOC(=O)C(C(=O)OCC)=C1SCC(OC(=O)C2=C(C(=O)O)CCCC2)S1. The molecule has 0 spiro atoms. The van der Waals surface area contributed by atoms with E-state index in [0.717, 1.165) is 24.6 Å². The second-order valence-electron chi connectivity index (χ2n) is 5.84. The Kier molecular flexibility index (Phi) is 8.43. The summed E-state index contributed by atoms with van der Waals surface area (Å²) in [6, 6.07) is 0. The van der Waals surface area contributed by atoms with Crippen LogP contribution in [0, 0.1) is 0 Å². The van der Waals surface area contributed by atoms with E-state index in [1.165, 1.54) is 11.8 Å². The van der Waals surface area contributed by atoms with Crippen molar-refractivity contribution in [2.75, 3.05) is 19.0 Å². The number of hydrogen-bond acceptors (Lipinski definition) is 9. The zero-order valence-electron chi connectivity index (χ0n) is 15.6. The lowest BCUT2D eigenvalue weighted by Crippen LogP contribution is -2.21. The largest absolute Gasteiger partial charge is 0.478 e. The first-order chi connectivity index (χ1) is 13.4. The monoisotopic (exact) mass is 430 g/mol. The average molecular weight is 431 g/mol. The lowest BCUT2D eigenvalue weighted by Gasteiger charge is -2.18. The van der Waals surface area contributed by atoms with Crippen LogP contribution >= 0.6 is 23.5 Å². The van der Waals surface area contributed by atoms with Gasteiger partial charge in [0.15, 0.2) is 11.0 Å². The smallest absolute Gasteiger partial charge is 0.347 e. The van der Waals surface area contributed by atoms with Crippen LogP contribution < -0.4 is 0 Å². The molecule has 8 nitrogen and oxygen atoms in total. The van der Waals surface area contributed by atoms with Crippen LogP contribution in [-0.2, 0) is 33.4 Å². The third-order valence-corrected chi connectivity index (χ3v) is 6.70. The molecule has 1 fully saturated rings. The van der Waals surface area contributed by atoms with Crippen molar-refractivity contribution < 1.29 is 38.5 Å². The highest BCUT2D eigenvalue weighted by Crippen LogP contribution is 2.45. The van der Waals surface area contributed by atoms with Gasteiger partial charge in [0.2, 0.25) is 0 Å². The molecule has 0 aromatic carbocycles. The van der Waals surface area contributed by atoms with Gasteiger partial charge in [-0.25, -0.2) is 19.2 Å². The summed E-state index contributed by atoms with van der Waals surface area (Å²) >= 11 is 2.25. The van der Waals surface area contributed by atoms with Crippen molar-refractivity contribution in [2.24, 2.45) is 0 Å². The van der Waals surface area contributed by atoms with Crippen LogP contribution in [0.3, 0.4) is 0 Å². The zero-order chi connectivity index (χ0) is 20.7. The second kappa shape index (κ2) is 10.6. The number of carbonyl (C=O) groups is 4. The highest BCUT2D eigenvalue weighted by Gasteiger charge is 2.35. The fraction of sp³-hybridized carbons (Fsp3) is 0.556. The topological polar surface area (TPSA) is 116 Å². The molecule has 28 heavy (non-hydrogen) atoms. The van der Waals surface area contributed by atoms with Crippen molar-refractivity contribution in [1.29, 1.82) is 0 Å². The highest BCUT2D eigenvalue weighted by molar-refractivity contribution is 8.25. The predicted octanol–water partition coefficient (Wildman–Crippen LogP) is 2.63. The Balaban J connectivity index is 2.15. The number of thioether (sulfide) groups is 2. The first kappa shape index (κ1) is 22.4. The first-order valence-electron chi connectivity index (χ1n) is 8.93. The van der Waals surface area contributed by atoms with Gasteiger partial charge < -0.3 is 19.3 Å². The van der Waals surface area contributed by atoms with Crippen molar-refractivity contribution in [1.82, 2.24) is 0 Å². The molecule has 154 valence electrons. The highest BCUT2D eigenvalue weighted by atomic mass is 32.2. The molecule has 1 unspecified atom stereocenters. The van der Waals surface area contributed by atoms with E-state index in [2.05, 4.69) is 0 Å². The van der Waals surface area contributed by atoms with Crippen molar-refractivity contribution in [3.63, 3.8) is 0 Å². The average Bonchev–Trinajstić information content (AvgIpc) is 3.10. The van der Waals surface area contributed by atoms with Gasteiger partial charge in [0.05, 0.1) is 17.5 Å². The van der Waals surface area contributed by atoms with E-state index in [0.29, 0.717) is 22.8 Å². The van der Waals surface area contributed by atoms with Gasteiger partial charge in [0.1, 0.15) is 0 Å². The Morgan fingerprint density at radius 3 is 2.11 bits per heavy atom. The number of hydrogen-bond donors (Lipinski definition) is 1. The number of carbonyl (C=O) groups excluding carboxylic acids is 3. The van der Waals surface area contributed by atoms with Crippen LogP contribution in [0.4, 0.5) is 0 Å². The van der Waals surface area contributed by atoms with E-state index in [-0.39, 0.29) is 29.9 Å². The molecule has 2 rings (SSSR count). The summed E-state index contributed by atoms with van der Waals surface area (Å²) in [5.74, 6) is -3.01. The van der Waals surface area contributed by atoms with E-state index >= 15 is 0 Å². The van der Waals surface area contributed by atoms with Crippen LogP contribution in [0.2, 0.25) is 0 Å². The third kappa shape index (κ3) is 5.54. The summed E-state index contributed by atoms with van der Waals surface area (Å²) in [6.45, 7) is 3.47. The van der Waals surface area contributed by atoms with Crippen molar-refractivity contribution in [2.45, 2.75) is 45.0 Å². The number of ether oxygens (including phenoxy) is 3. The van der Waals surface area contributed by atoms with E-state index in [4.69, 9.17) is 14.2 Å². The standard InChI is InChI=1S/C18H22O8S2/c1-3-24-16(22)13(17(23)25-4-2)18-27-9-12(28-18)26-15(21)11-8-6-5-7-10(11)14(19)20/h12H,3-9H2,1-2H3,(H,19,20). The molecule has 1 aliphatic carbocycles. The molecule has 1 N–H and O–H groups in total. The van der Waals surface area contributed by atoms with Gasteiger partial charge in [-0.15, -0.1) is 11.8 Å². The predicted molar refractivity (Wildman–Crippen MR) is 103 cm³/mol. The van der Waals surface area contributed by atoms with Gasteiger partial charge in [-0.2, -0.15) is 0 Å². The molecule has 0 radical (unpaired) electrons. The van der Waals surface area contributed by atoms with Crippen LogP contribution in [0.25, 0.3) is 0 Å². The van der Waals surface area contributed by atoms with Crippen LogP contribution in [-0.4, -0.2) is 53.4 Å². The first-order valence-corrected chi connectivity index (χ1v) is 10.8. The number of aliphatic carboxylic acids is 1. The maximum Gasteiger partial charge on any atom is 0.347 e. The van der Waals surface area contributed by atoms with E-state index < -0.39 is 29.3 Å². The Bertz CT molecular complexity index is 705. The molecule has 1 heterocycles. The molecule has 0 saturated carbocycles. The normalized spacial score (nSPS) is 19.2. The van der Waals surface area contributed by atoms with Gasteiger partial charge in [0, 0.05) is 16.9 Å². The lowest BCUT2D eigenvalue weighted by molar-refractivity contribution is -0.146. The Hall–Kier alpha value is -1.94. The quantitative estimate of drug-likeness (QED) is 0.212. The van der Waals surface area contributed by atoms with Crippen LogP contribution in [0.5, 0.6) is 0 Å². The van der Waals surface area contributed by atoms with Crippen molar-refractivity contribution in [3.8, 4) is 0 Å². The second-order valence-corrected chi connectivity index (χ2v) is 8.29. The molecule has 1 saturated heterocycles. The van der Waals surface area contributed by atoms with Gasteiger partial charge in [0.25, 0.3) is 0 Å². The van der Waals surface area contributed by atoms with Crippen LogP contribution in [0.15, 0.2) is 21.0 Å². The van der Waals surface area contributed by atoms with Gasteiger partial charge in [-0.1, -0.05) is 11.8 Å². The summed E-state index contributed by atoms with van der Waals surface area (Å²) in [5, 5.41) is 9.27. The maximum atomic E-state index is 12.5. The fourth-order valence-corrected chi connectivity index (χ4v) is 5.33. The minimum absolute atomic E-state index is 0.0985. The minimum atomic E-state index is -1.10. The molecular weight excluding hydrogens is 408 g/mol. The fourth-order valence-electron chi connectivity index (χ4n) is 2.73. The molecular formula is C18H22O8S2. The van der Waals surface area contributed by atoms with Gasteiger partial charge in [-0.05, 0) is 39.5 Å². The number of carboxylic acid groups (broad SMARTS) is 1. The van der Waals surface area contributed by atoms with E-state index in [1.807, 2.05) is 0 Å². The molecule has 10 heteroatoms. The molecule has 1 aliphatic heterocycles. The lowest BCUT2D eigenvalue weighted by atomic mass is 9.92. The van der Waals surface area contributed by atoms with Gasteiger partial charge >= 0.3 is 23.9 Å². The van der Waals surface area contributed by atoms with Crippen molar-refractivity contribution >= 4 is 47.4 Å². The minimum Gasteiger partial charge on any atom is -0.478 e. The zero-order valence-corrected chi connectivity index (χ0v) is 17.3. The summed E-state index contributed by atoms with van der Waals surface area (Å²) < 4.78 is 15.7. The number of rotatable bonds is 7. The Morgan fingerprint density at radius 1 is 1.00 bits per heavy atom. The van der Waals surface area contributed by atoms with Crippen molar-refractivity contribution in [3.05, 3.63) is 21.0 Å². The number of carboxylic acids is 1. The number of esters is 3. The Labute approximate surface area is 171 Å². The molecule has 1 atom stereocenters. The molecule has 2 aliphatic rings. The summed E-state index contributed by atoms with van der Waals surface area (Å²) in [4.78, 5) is 48.1. The summed E-state index contributed by atoms with van der Waals surface area (Å²) in [7, 11) is 0. The molecule has 0 bridgehead atoms. The molecule has 0 aromatic heterocycles. The molecule has 0 amide bonds. The Morgan fingerprint density at radius 2 is 1.57 bits per heavy atom. The molecule has 0 aromatic rings. The van der Waals surface area contributed by atoms with Gasteiger partial charge in [-0.3, -0.25) is 0 Å². The summed E-state index contributed by atoms with van der Waals surface area (Å²) in [6.07, 6.45) is 2.16.